The van der Waals surface area contributed by atoms with Crippen LogP contribution in [0.1, 0.15) is 11.1 Å². The summed E-state index contributed by atoms with van der Waals surface area (Å²) in [6, 6.07) is 14.0. The Hall–Kier alpha value is -2.47. The van der Waals surface area contributed by atoms with Gasteiger partial charge >= 0.3 is 0 Å². The molecule has 0 unspecified atom stereocenters. The summed E-state index contributed by atoms with van der Waals surface area (Å²) in [5.41, 5.74) is 1.47. The van der Waals surface area contributed by atoms with E-state index < -0.39 is 0 Å². The molecule has 17 heavy (non-hydrogen) atoms. The van der Waals surface area contributed by atoms with Crippen molar-refractivity contribution in [2.75, 3.05) is 0 Å². The van der Waals surface area contributed by atoms with Gasteiger partial charge in [-0.25, -0.2) is 0 Å². The number of rotatable bonds is 2. The molecule has 0 amide bonds. The Kier molecular flexibility index (Phi) is 2.97. The second-order valence-electron chi connectivity index (χ2n) is 3.66. The summed E-state index contributed by atoms with van der Waals surface area (Å²) in [4.78, 5) is 0. The van der Waals surface area contributed by atoms with Crippen LogP contribution < -0.4 is 4.74 Å². The van der Waals surface area contributed by atoms with Crippen LogP contribution in [0, 0.1) is 18.3 Å². The quantitative estimate of drug-likeness (QED) is 0.852. The van der Waals surface area contributed by atoms with Gasteiger partial charge in [-0.15, -0.1) is 0 Å². The van der Waals surface area contributed by atoms with Gasteiger partial charge in [0, 0.05) is 0 Å². The van der Waals surface area contributed by atoms with Crippen molar-refractivity contribution in [3.8, 4) is 23.3 Å². The molecule has 2 aromatic rings. The summed E-state index contributed by atoms with van der Waals surface area (Å²) in [5, 5.41) is 18.4. The highest BCUT2D eigenvalue weighted by atomic mass is 16.5. The first-order valence-corrected chi connectivity index (χ1v) is 5.17. The predicted octanol–water partition coefficient (Wildman–Crippen LogP) is 3.36. The largest absolute Gasteiger partial charge is 0.504 e. The number of aryl methyl sites for hydroxylation is 1. The van der Waals surface area contributed by atoms with Gasteiger partial charge in [0.2, 0.25) is 0 Å². The molecular formula is C14H11NO2. The SMILES string of the molecule is Cc1cc(Oc2ccccc2O)ccc1C#N. The Labute approximate surface area is 99.5 Å². The van der Waals surface area contributed by atoms with E-state index in [9.17, 15) is 5.11 Å². The van der Waals surface area contributed by atoms with Crippen LogP contribution in [-0.2, 0) is 0 Å². The van der Waals surface area contributed by atoms with Crippen molar-refractivity contribution in [1.29, 1.82) is 5.26 Å². The number of ether oxygens (including phenoxy) is 1. The van der Waals surface area contributed by atoms with Crippen LogP contribution >= 0.6 is 0 Å². The van der Waals surface area contributed by atoms with Crippen molar-refractivity contribution in [2.45, 2.75) is 6.92 Å². The zero-order valence-corrected chi connectivity index (χ0v) is 9.34. The lowest BCUT2D eigenvalue weighted by Gasteiger charge is -2.08. The molecule has 0 aliphatic heterocycles. The molecule has 0 heterocycles. The second kappa shape index (κ2) is 4.58. The van der Waals surface area contributed by atoms with Crippen LogP contribution in [-0.4, -0.2) is 5.11 Å². The molecule has 2 rings (SSSR count). The van der Waals surface area contributed by atoms with Gasteiger partial charge in [0.1, 0.15) is 5.75 Å². The third kappa shape index (κ3) is 2.37. The highest BCUT2D eigenvalue weighted by Crippen LogP contribution is 2.30. The van der Waals surface area contributed by atoms with Gasteiger partial charge < -0.3 is 9.84 Å². The molecule has 0 aliphatic rings. The second-order valence-corrected chi connectivity index (χ2v) is 3.66. The summed E-state index contributed by atoms with van der Waals surface area (Å²) in [6.07, 6.45) is 0. The molecule has 0 saturated carbocycles. The molecule has 0 atom stereocenters. The standard InChI is InChI=1S/C14H11NO2/c1-10-8-12(7-6-11(10)9-15)17-14-5-3-2-4-13(14)16/h2-8,16H,1H3. The third-order valence-corrected chi connectivity index (χ3v) is 2.41. The minimum atomic E-state index is 0.0921. The number of hydrogen-bond donors (Lipinski definition) is 1. The van der Waals surface area contributed by atoms with E-state index in [1.165, 1.54) is 0 Å². The van der Waals surface area contributed by atoms with Gasteiger partial charge in [-0.1, -0.05) is 12.1 Å². The predicted molar refractivity (Wildman–Crippen MR) is 64.1 cm³/mol. The van der Waals surface area contributed by atoms with E-state index in [-0.39, 0.29) is 5.75 Å². The number of phenolic OH excluding ortho intramolecular Hbond substituents is 1. The van der Waals surface area contributed by atoms with E-state index in [1.807, 2.05) is 6.92 Å². The van der Waals surface area contributed by atoms with Gasteiger partial charge in [0.15, 0.2) is 11.5 Å². The molecule has 3 heteroatoms. The zero-order valence-electron chi connectivity index (χ0n) is 9.34. The van der Waals surface area contributed by atoms with Gasteiger partial charge in [0.05, 0.1) is 11.6 Å². The lowest BCUT2D eigenvalue weighted by Crippen LogP contribution is -1.87. The summed E-state index contributed by atoms with van der Waals surface area (Å²) >= 11 is 0. The Balaban J connectivity index is 2.29. The highest BCUT2D eigenvalue weighted by Gasteiger charge is 2.04. The topological polar surface area (TPSA) is 53.2 Å². The number of hydrogen-bond acceptors (Lipinski definition) is 3. The number of benzene rings is 2. The number of phenols is 1. The summed E-state index contributed by atoms with van der Waals surface area (Å²) in [6.45, 7) is 1.84. The summed E-state index contributed by atoms with van der Waals surface area (Å²) < 4.78 is 5.53. The van der Waals surface area contributed by atoms with Crippen molar-refractivity contribution in [3.63, 3.8) is 0 Å². The van der Waals surface area contributed by atoms with Gasteiger partial charge in [0.25, 0.3) is 0 Å². The molecule has 0 aromatic heterocycles. The molecule has 0 aliphatic carbocycles. The first kappa shape index (κ1) is 11.0. The molecule has 1 N–H and O–H groups in total. The van der Waals surface area contributed by atoms with E-state index in [0.29, 0.717) is 17.1 Å². The molecule has 84 valence electrons. The van der Waals surface area contributed by atoms with Gasteiger partial charge in [-0.05, 0) is 42.8 Å². The van der Waals surface area contributed by atoms with Crippen molar-refractivity contribution >= 4 is 0 Å². The monoisotopic (exact) mass is 225 g/mol. The first-order chi connectivity index (χ1) is 8.20. The molecule has 3 nitrogen and oxygen atoms in total. The van der Waals surface area contributed by atoms with Crippen LogP contribution in [0.2, 0.25) is 0 Å². The Morgan fingerprint density at radius 1 is 1.18 bits per heavy atom. The third-order valence-electron chi connectivity index (χ3n) is 2.41. The normalized spacial score (nSPS) is 9.65. The molecule has 0 saturated heterocycles. The van der Waals surface area contributed by atoms with Gasteiger partial charge in [-0.2, -0.15) is 5.26 Å². The fraction of sp³-hybridized carbons (Fsp3) is 0.0714. The smallest absolute Gasteiger partial charge is 0.169 e. The zero-order chi connectivity index (χ0) is 12.3. The maximum atomic E-state index is 9.56. The molecule has 0 spiro atoms. The summed E-state index contributed by atoms with van der Waals surface area (Å²) in [5.74, 6) is 1.09. The van der Waals surface area contributed by atoms with Crippen LogP contribution in [0.4, 0.5) is 0 Å². The number of nitriles is 1. The minimum absolute atomic E-state index is 0.0921. The molecule has 0 fully saturated rings. The summed E-state index contributed by atoms with van der Waals surface area (Å²) in [7, 11) is 0. The maximum Gasteiger partial charge on any atom is 0.169 e. The van der Waals surface area contributed by atoms with Crippen molar-refractivity contribution in [2.24, 2.45) is 0 Å². The Morgan fingerprint density at radius 3 is 2.59 bits per heavy atom. The van der Waals surface area contributed by atoms with Gasteiger partial charge in [-0.3, -0.25) is 0 Å². The molecule has 2 aromatic carbocycles. The Morgan fingerprint density at radius 2 is 1.94 bits per heavy atom. The van der Waals surface area contributed by atoms with Crippen molar-refractivity contribution in [1.82, 2.24) is 0 Å². The minimum Gasteiger partial charge on any atom is -0.504 e. The maximum absolute atomic E-state index is 9.56. The molecular weight excluding hydrogens is 214 g/mol. The van der Waals surface area contributed by atoms with E-state index in [4.69, 9.17) is 10.00 Å². The van der Waals surface area contributed by atoms with Crippen molar-refractivity contribution < 1.29 is 9.84 Å². The lowest BCUT2D eigenvalue weighted by molar-refractivity contribution is 0.411. The fourth-order valence-corrected chi connectivity index (χ4v) is 1.50. The lowest BCUT2D eigenvalue weighted by atomic mass is 10.1. The van der Waals surface area contributed by atoms with Crippen LogP contribution in [0.3, 0.4) is 0 Å². The molecule has 0 radical (unpaired) electrons. The number of aromatic hydroxyl groups is 1. The van der Waals surface area contributed by atoms with E-state index in [2.05, 4.69) is 6.07 Å². The first-order valence-electron chi connectivity index (χ1n) is 5.17. The Bertz CT molecular complexity index is 585. The highest BCUT2D eigenvalue weighted by molar-refractivity contribution is 5.45. The van der Waals surface area contributed by atoms with E-state index in [1.54, 1.807) is 42.5 Å². The molecule has 0 bridgehead atoms. The van der Waals surface area contributed by atoms with E-state index >= 15 is 0 Å². The van der Waals surface area contributed by atoms with Crippen LogP contribution in [0.5, 0.6) is 17.2 Å². The van der Waals surface area contributed by atoms with E-state index in [0.717, 1.165) is 5.56 Å². The average molecular weight is 225 g/mol. The fourth-order valence-electron chi connectivity index (χ4n) is 1.50. The van der Waals surface area contributed by atoms with Crippen LogP contribution in [0.25, 0.3) is 0 Å². The number of nitrogens with zero attached hydrogens (tertiary/aromatic N) is 1. The number of para-hydroxylation sites is 2. The average Bonchev–Trinajstić information content (AvgIpc) is 2.32. The van der Waals surface area contributed by atoms with Crippen LogP contribution in [0.15, 0.2) is 42.5 Å². The van der Waals surface area contributed by atoms with Crippen molar-refractivity contribution in [3.05, 3.63) is 53.6 Å².